The second kappa shape index (κ2) is 6.80. The minimum Gasteiger partial charge on any atom is -0.325 e. The van der Waals surface area contributed by atoms with E-state index in [-0.39, 0.29) is 0 Å². The van der Waals surface area contributed by atoms with Crippen LogP contribution in [0.25, 0.3) is 0 Å². The van der Waals surface area contributed by atoms with Crippen LogP contribution in [-0.4, -0.2) is 4.98 Å². The third-order valence-corrected chi connectivity index (χ3v) is 1.44. The fraction of sp³-hybridized carbons (Fsp3) is 0.500. The minimum atomic E-state index is 0.536. The van der Waals surface area contributed by atoms with Crippen molar-refractivity contribution in [2.75, 3.05) is 0 Å². The SMILES string of the molecule is CC.CCc1cccc(CN)n1. The van der Waals surface area contributed by atoms with Crippen LogP contribution in [0.2, 0.25) is 0 Å². The van der Waals surface area contributed by atoms with E-state index >= 15 is 0 Å². The molecule has 0 unspecified atom stereocenters. The first-order valence-corrected chi connectivity index (χ1v) is 4.51. The Hall–Kier alpha value is -0.890. The maximum absolute atomic E-state index is 5.41. The van der Waals surface area contributed by atoms with Crippen LogP contribution in [0.5, 0.6) is 0 Å². The lowest BCUT2D eigenvalue weighted by molar-refractivity contribution is 0.933. The number of nitrogens with two attached hydrogens (primary N) is 1. The molecular weight excluding hydrogens is 148 g/mol. The summed E-state index contributed by atoms with van der Waals surface area (Å²) < 4.78 is 0. The Labute approximate surface area is 74.8 Å². The van der Waals surface area contributed by atoms with Gasteiger partial charge in [0.2, 0.25) is 0 Å². The molecule has 1 heterocycles. The average molecular weight is 166 g/mol. The molecule has 2 heteroatoms. The standard InChI is InChI=1S/C8H12N2.C2H6/c1-2-7-4-3-5-8(6-9)10-7;1-2/h3-5H,2,6,9H2,1H3;1-2H3. The highest BCUT2D eigenvalue weighted by atomic mass is 14.7. The fourth-order valence-corrected chi connectivity index (χ4v) is 0.840. The van der Waals surface area contributed by atoms with Crippen LogP contribution in [0, 0.1) is 0 Å². The first-order chi connectivity index (χ1) is 5.86. The van der Waals surface area contributed by atoms with Gasteiger partial charge in [0.15, 0.2) is 0 Å². The van der Waals surface area contributed by atoms with Gasteiger partial charge in [-0.15, -0.1) is 0 Å². The van der Waals surface area contributed by atoms with Crippen molar-refractivity contribution in [3.63, 3.8) is 0 Å². The van der Waals surface area contributed by atoms with Crippen molar-refractivity contribution in [3.05, 3.63) is 29.6 Å². The molecular formula is C10H18N2. The Morgan fingerprint density at radius 2 is 1.83 bits per heavy atom. The molecule has 0 amide bonds. The average Bonchev–Trinajstić information content (AvgIpc) is 2.21. The lowest BCUT2D eigenvalue weighted by atomic mass is 10.2. The number of nitrogens with zero attached hydrogens (tertiary/aromatic N) is 1. The van der Waals surface area contributed by atoms with Gasteiger partial charge in [0.1, 0.15) is 0 Å². The molecule has 1 aromatic rings. The molecule has 0 aliphatic heterocycles. The van der Waals surface area contributed by atoms with Gasteiger partial charge < -0.3 is 5.73 Å². The summed E-state index contributed by atoms with van der Waals surface area (Å²) in [6.45, 7) is 6.62. The summed E-state index contributed by atoms with van der Waals surface area (Å²) in [6.07, 6.45) is 0.980. The lowest BCUT2D eigenvalue weighted by Crippen LogP contribution is -2.00. The van der Waals surface area contributed by atoms with E-state index in [9.17, 15) is 0 Å². The van der Waals surface area contributed by atoms with Crippen molar-refractivity contribution in [2.45, 2.75) is 33.7 Å². The van der Waals surface area contributed by atoms with E-state index in [1.165, 1.54) is 0 Å². The maximum atomic E-state index is 5.41. The Morgan fingerprint density at radius 1 is 1.25 bits per heavy atom. The molecule has 0 aromatic carbocycles. The number of aromatic nitrogens is 1. The maximum Gasteiger partial charge on any atom is 0.0542 e. The molecule has 0 atom stereocenters. The lowest BCUT2D eigenvalue weighted by Gasteiger charge is -1.97. The van der Waals surface area contributed by atoms with Gasteiger partial charge in [-0.05, 0) is 18.6 Å². The van der Waals surface area contributed by atoms with Gasteiger partial charge in [-0.25, -0.2) is 0 Å². The minimum absolute atomic E-state index is 0.536. The molecule has 0 saturated carbocycles. The molecule has 1 rings (SSSR count). The van der Waals surface area contributed by atoms with E-state index in [1.807, 2.05) is 32.0 Å². The molecule has 0 aliphatic carbocycles. The van der Waals surface area contributed by atoms with Crippen LogP contribution in [0.3, 0.4) is 0 Å². The van der Waals surface area contributed by atoms with Gasteiger partial charge in [0.05, 0.1) is 5.69 Å². The van der Waals surface area contributed by atoms with Gasteiger partial charge in [0, 0.05) is 12.2 Å². The van der Waals surface area contributed by atoms with Crippen molar-refractivity contribution in [3.8, 4) is 0 Å². The molecule has 0 aliphatic rings. The first kappa shape index (κ1) is 11.1. The summed E-state index contributed by atoms with van der Waals surface area (Å²) in [4.78, 5) is 4.28. The summed E-state index contributed by atoms with van der Waals surface area (Å²) in [7, 11) is 0. The first-order valence-electron chi connectivity index (χ1n) is 4.51. The highest BCUT2D eigenvalue weighted by molar-refractivity contribution is 5.10. The third-order valence-electron chi connectivity index (χ3n) is 1.44. The molecule has 1 aromatic heterocycles. The summed E-state index contributed by atoms with van der Waals surface area (Å²) >= 11 is 0. The number of aryl methyl sites for hydroxylation is 1. The van der Waals surface area contributed by atoms with Gasteiger partial charge >= 0.3 is 0 Å². The van der Waals surface area contributed by atoms with E-state index in [0.29, 0.717) is 6.54 Å². The van der Waals surface area contributed by atoms with Crippen LogP contribution in [0.4, 0.5) is 0 Å². The number of rotatable bonds is 2. The zero-order chi connectivity index (χ0) is 9.40. The number of pyridine rings is 1. The molecule has 0 bridgehead atoms. The normalized spacial score (nSPS) is 8.67. The molecule has 0 spiro atoms. The van der Waals surface area contributed by atoms with Crippen LogP contribution in [0.15, 0.2) is 18.2 Å². The number of hydrogen-bond acceptors (Lipinski definition) is 2. The van der Waals surface area contributed by atoms with Crippen LogP contribution in [-0.2, 0) is 13.0 Å². The van der Waals surface area contributed by atoms with Crippen LogP contribution < -0.4 is 5.73 Å². The van der Waals surface area contributed by atoms with Gasteiger partial charge in [-0.1, -0.05) is 26.8 Å². The molecule has 68 valence electrons. The van der Waals surface area contributed by atoms with Crippen molar-refractivity contribution >= 4 is 0 Å². The second-order valence-corrected chi connectivity index (χ2v) is 2.18. The van der Waals surface area contributed by atoms with Crippen LogP contribution in [0.1, 0.15) is 32.2 Å². The summed E-state index contributed by atoms with van der Waals surface area (Å²) in [5.41, 5.74) is 7.50. The Bertz CT molecular complexity index is 189. The molecule has 0 radical (unpaired) electrons. The van der Waals surface area contributed by atoms with Crippen molar-refractivity contribution < 1.29 is 0 Å². The number of hydrogen-bond donors (Lipinski definition) is 1. The van der Waals surface area contributed by atoms with E-state index in [0.717, 1.165) is 17.8 Å². The van der Waals surface area contributed by atoms with E-state index in [2.05, 4.69) is 11.9 Å². The molecule has 2 nitrogen and oxygen atoms in total. The van der Waals surface area contributed by atoms with Crippen molar-refractivity contribution in [1.82, 2.24) is 4.98 Å². The highest BCUT2D eigenvalue weighted by Crippen LogP contribution is 1.98. The quantitative estimate of drug-likeness (QED) is 0.731. The monoisotopic (exact) mass is 166 g/mol. The van der Waals surface area contributed by atoms with E-state index < -0.39 is 0 Å². The largest absolute Gasteiger partial charge is 0.325 e. The molecule has 0 fully saturated rings. The van der Waals surface area contributed by atoms with Crippen molar-refractivity contribution in [2.24, 2.45) is 5.73 Å². The molecule has 12 heavy (non-hydrogen) atoms. The van der Waals surface area contributed by atoms with Gasteiger partial charge in [-0.3, -0.25) is 4.98 Å². The zero-order valence-electron chi connectivity index (χ0n) is 8.17. The summed E-state index contributed by atoms with van der Waals surface area (Å²) in [6, 6.07) is 5.95. The van der Waals surface area contributed by atoms with Crippen molar-refractivity contribution in [1.29, 1.82) is 0 Å². The van der Waals surface area contributed by atoms with E-state index in [4.69, 9.17) is 5.73 Å². The topological polar surface area (TPSA) is 38.9 Å². The third kappa shape index (κ3) is 3.49. The summed E-state index contributed by atoms with van der Waals surface area (Å²) in [5.74, 6) is 0. The smallest absolute Gasteiger partial charge is 0.0542 e. The predicted molar refractivity (Wildman–Crippen MR) is 52.9 cm³/mol. The fourth-order valence-electron chi connectivity index (χ4n) is 0.840. The van der Waals surface area contributed by atoms with Crippen LogP contribution >= 0.6 is 0 Å². The van der Waals surface area contributed by atoms with Gasteiger partial charge in [-0.2, -0.15) is 0 Å². The Kier molecular flexibility index (Phi) is 6.29. The highest BCUT2D eigenvalue weighted by Gasteiger charge is 1.91. The van der Waals surface area contributed by atoms with Gasteiger partial charge in [0.25, 0.3) is 0 Å². The second-order valence-electron chi connectivity index (χ2n) is 2.18. The summed E-state index contributed by atoms with van der Waals surface area (Å²) in [5, 5.41) is 0. The van der Waals surface area contributed by atoms with E-state index in [1.54, 1.807) is 0 Å². The molecule has 2 N–H and O–H groups in total. The Morgan fingerprint density at radius 3 is 2.33 bits per heavy atom. The predicted octanol–water partition coefficient (Wildman–Crippen LogP) is 2.13. The molecule has 0 saturated heterocycles. The Balaban J connectivity index is 0.000000561. The zero-order valence-corrected chi connectivity index (χ0v) is 8.17.